The molecule has 0 fully saturated rings. The van der Waals surface area contributed by atoms with Crippen LogP contribution in [0.4, 0.5) is 4.39 Å². The summed E-state index contributed by atoms with van der Waals surface area (Å²) < 4.78 is 21.1. The number of nitrogens with one attached hydrogen (secondary N) is 2. The maximum Gasteiger partial charge on any atom is 0.133 e. The van der Waals surface area contributed by atoms with Crippen molar-refractivity contribution < 1.29 is 9.13 Å². The number of H-pyrrole nitrogens is 1. The van der Waals surface area contributed by atoms with Crippen LogP contribution in [0.25, 0.3) is 10.9 Å². The highest BCUT2D eigenvalue weighted by Gasteiger charge is 2.36. The summed E-state index contributed by atoms with van der Waals surface area (Å²) in [5, 5.41) is 11.9. The molecule has 2 N–H and O–H groups in total. The van der Waals surface area contributed by atoms with Crippen molar-refractivity contribution in [3.05, 3.63) is 57.4 Å². The van der Waals surface area contributed by atoms with E-state index in [-0.39, 0.29) is 17.4 Å². The fourth-order valence-corrected chi connectivity index (χ4v) is 4.17. The number of halogens is 2. The van der Waals surface area contributed by atoms with Crippen molar-refractivity contribution in [1.82, 2.24) is 15.5 Å². The molecule has 0 spiro atoms. The Balaban J connectivity index is 1.98. The van der Waals surface area contributed by atoms with Gasteiger partial charge in [-0.25, -0.2) is 4.39 Å². The number of nitrogens with zero attached hydrogens (tertiary/aromatic N) is 1. The van der Waals surface area contributed by atoms with Gasteiger partial charge in [-0.3, -0.25) is 5.10 Å². The van der Waals surface area contributed by atoms with Crippen LogP contribution in [0.5, 0.6) is 5.75 Å². The Hall–Kier alpha value is -1.92. The Kier molecular flexibility index (Phi) is 3.85. The second-order valence-electron chi connectivity index (χ2n) is 7.11. The van der Waals surface area contributed by atoms with Crippen LogP contribution in [0.3, 0.4) is 0 Å². The first-order valence-electron chi connectivity index (χ1n) is 8.15. The number of fused-ring (bicyclic) bond motifs is 3. The maximum absolute atomic E-state index is 14.9. The summed E-state index contributed by atoms with van der Waals surface area (Å²) in [7, 11) is 1.57. The van der Waals surface area contributed by atoms with Crippen LogP contribution in [0.2, 0.25) is 0 Å². The molecule has 4 rings (SSSR count). The number of rotatable bonds is 2. The molecule has 25 heavy (non-hydrogen) atoms. The van der Waals surface area contributed by atoms with E-state index < -0.39 is 0 Å². The number of methoxy groups -OCH3 is 1. The molecule has 0 amide bonds. The van der Waals surface area contributed by atoms with E-state index in [1.165, 1.54) is 11.6 Å². The van der Waals surface area contributed by atoms with Gasteiger partial charge < -0.3 is 10.1 Å². The van der Waals surface area contributed by atoms with Gasteiger partial charge in [0, 0.05) is 15.4 Å². The molecule has 0 bridgehead atoms. The van der Waals surface area contributed by atoms with E-state index in [4.69, 9.17) is 4.74 Å². The van der Waals surface area contributed by atoms with Gasteiger partial charge in [0.2, 0.25) is 0 Å². The molecule has 6 heteroatoms. The van der Waals surface area contributed by atoms with Crippen LogP contribution in [0.15, 0.2) is 34.9 Å². The van der Waals surface area contributed by atoms with Crippen LogP contribution >= 0.6 is 15.9 Å². The third-order valence-corrected chi connectivity index (χ3v) is 5.26. The van der Waals surface area contributed by atoms with Crippen LogP contribution in [0.1, 0.15) is 36.6 Å². The lowest BCUT2D eigenvalue weighted by Crippen LogP contribution is -2.48. The van der Waals surface area contributed by atoms with Gasteiger partial charge >= 0.3 is 0 Å². The third kappa shape index (κ3) is 2.73. The fourth-order valence-electron chi connectivity index (χ4n) is 3.76. The molecule has 0 saturated carbocycles. The molecule has 3 aromatic rings. The highest BCUT2D eigenvalue weighted by atomic mass is 79.9. The topological polar surface area (TPSA) is 49.9 Å². The number of hydrogen-bond acceptors (Lipinski definition) is 3. The molecule has 1 aliphatic heterocycles. The van der Waals surface area contributed by atoms with E-state index in [2.05, 4.69) is 45.3 Å². The summed E-state index contributed by atoms with van der Waals surface area (Å²) in [5.74, 6) is 0.236. The van der Waals surface area contributed by atoms with Gasteiger partial charge in [0.15, 0.2) is 0 Å². The van der Waals surface area contributed by atoms with Gasteiger partial charge in [0.1, 0.15) is 11.6 Å². The van der Waals surface area contributed by atoms with Crippen molar-refractivity contribution in [3.8, 4) is 5.75 Å². The standard InChI is InChI=1S/C19H19BrFN3O/c1-19(2)8-12-11(4-5-15-13(12)9-22-24-15)18(23-19)17-14(21)6-10(20)7-16(17)25-3/h4-7,9,18,23H,8H2,1-3H3,(H,22,24). The zero-order valence-corrected chi connectivity index (χ0v) is 15.9. The van der Waals surface area contributed by atoms with Gasteiger partial charge in [-0.15, -0.1) is 0 Å². The minimum absolute atomic E-state index is 0.187. The van der Waals surface area contributed by atoms with E-state index in [9.17, 15) is 4.39 Å². The lowest BCUT2D eigenvalue weighted by molar-refractivity contribution is 0.320. The molecular formula is C19H19BrFN3O. The summed E-state index contributed by atoms with van der Waals surface area (Å²) in [6.45, 7) is 4.26. The van der Waals surface area contributed by atoms with E-state index in [1.807, 2.05) is 18.3 Å². The summed E-state index contributed by atoms with van der Waals surface area (Å²) in [6, 6.07) is 7.04. The Labute approximate surface area is 153 Å². The molecule has 0 saturated heterocycles. The zero-order chi connectivity index (χ0) is 17.8. The van der Waals surface area contributed by atoms with Crippen LogP contribution in [0, 0.1) is 5.82 Å². The smallest absolute Gasteiger partial charge is 0.133 e. The lowest BCUT2D eigenvalue weighted by atomic mass is 9.80. The molecule has 2 heterocycles. The summed E-state index contributed by atoms with van der Waals surface area (Å²) in [6.07, 6.45) is 2.69. The molecule has 2 aromatic carbocycles. The van der Waals surface area contributed by atoms with Crippen molar-refractivity contribution in [2.75, 3.05) is 7.11 Å². The van der Waals surface area contributed by atoms with Crippen LogP contribution in [-0.2, 0) is 6.42 Å². The first-order chi connectivity index (χ1) is 11.9. The number of ether oxygens (including phenoxy) is 1. The quantitative estimate of drug-likeness (QED) is 0.662. The van der Waals surface area contributed by atoms with Gasteiger partial charge in [0.05, 0.1) is 30.4 Å². The number of hydrogen-bond donors (Lipinski definition) is 2. The maximum atomic E-state index is 14.9. The van der Waals surface area contributed by atoms with Gasteiger partial charge in [-0.05, 0) is 49.6 Å². The first kappa shape index (κ1) is 16.5. The number of benzene rings is 2. The van der Waals surface area contributed by atoms with Crippen LogP contribution in [-0.4, -0.2) is 22.8 Å². The van der Waals surface area contributed by atoms with E-state index >= 15 is 0 Å². The van der Waals surface area contributed by atoms with Crippen molar-refractivity contribution in [2.24, 2.45) is 0 Å². The molecule has 130 valence electrons. The van der Waals surface area contributed by atoms with Crippen molar-refractivity contribution in [1.29, 1.82) is 0 Å². The van der Waals surface area contributed by atoms with Crippen LogP contribution < -0.4 is 10.1 Å². The Morgan fingerprint density at radius 3 is 2.88 bits per heavy atom. The average Bonchev–Trinajstić information content (AvgIpc) is 3.01. The second-order valence-corrected chi connectivity index (χ2v) is 8.02. The predicted octanol–water partition coefficient (Wildman–Crippen LogP) is 4.49. The number of aromatic amines is 1. The third-order valence-electron chi connectivity index (χ3n) is 4.80. The Bertz CT molecular complexity index is 967. The van der Waals surface area contributed by atoms with Gasteiger partial charge in [-0.2, -0.15) is 5.10 Å². The number of aromatic nitrogens is 2. The fraction of sp³-hybridized carbons (Fsp3) is 0.316. The van der Waals surface area contributed by atoms with Gasteiger partial charge in [-0.1, -0.05) is 22.0 Å². The molecule has 0 radical (unpaired) electrons. The van der Waals surface area contributed by atoms with E-state index in [0.717, 1.165) is 22.9 Å². The lowest BCUT2D eigenvalue weighted by Gasteiger charge is -2.39. The van der Waals surface area contributed by atoms with Crippen molar-refractivity contribution >= 4 is 26.8 Å². The monoisotopic (exact) mass is 403 g/mol. The molecular weight excluding hydrogens is 385 g/mol. The molecule has 1 unspecified atom stereocenters. The molecule has 4 nitrogen and oxygen atoms in total. The van der Waals surface area contributed by atoms with E-state index in [0.29, 0.717) is 15.8 Å². The Morgan fingerprint density at radius 2 is 2.12 bits per heavy atom. The van der Waals surface area contributed by atoms with Crippen molar-refractivity contribution in [3.63, 3.8) is 0 Å². The van der Waals surface area contributed by atoms with Gasteiger partial charge in [0.25, 0.3) is 0 Å². The van der Waals surface area contributed by atoms with Crippen molar-refractivity contribution in [2.45, 2.75) is 31.8 Å². The summed E-state index contributed by atoms with van der Waals surface area (Å²) in [4.78, 5) is 0. The zero-order valence-electron chi connectivity index (χ0n) is 14.3. The highest BCUT2D eigenvalue weighted by Crippen LogP contribution is 2.42. The SMILES string of the molecule is COc1cc(Br)cc(F)c1C1NC(C)(C)Cc2c1ccc1[nH]ncc21. The predicted molar refractivity (Wildman–Crippen MR) is 99.5 cm³/mol. The molecule has 1 atom stereocenters. The molecule has 0 aliphatic carbocycles. The van der Waals surface area contributed by atoms with E-state index in [1.54, 1.807) is 13.2 Å². The minimum Gasteiger partial charge on any atom is -0.496 e. The molecule has 1 aromatic heterocycles. The molecule has 1 aliphatic rings. The summed E-state index contributed by atoms with van der Waals surface area (Å²) in [5.41, 5.74) is 3.60. The second kappa shape index (κ2) is 5.81. The summed E-state index contributed by atoms with van der Waals surface area (Å²) >= 11 is 3.34. The first-order valence-corrected chi connectivity index (χ1v) is 8.94. The average molecular weight is 404 g/mol. The largest absolute Gasteiger partial charge is 0.496 e. The Morgan fingerprint density at radius 1 is 1.32 bits per heavy atom. The minimum atomic E-state index is -0.292. The highest BCUT2D eigenvalue weighted by molar-refractivity contribution is 9.10. The normalized spacial score (nSPS) is 19.0.